The Balaban J connectivity index is 4.70. The molecule has 0 aliphatic heterocycles. The van der Waals surface area contributed by atoms with Crippen LogP contribution in [0.1, 0.15) is 79.1 Å². The Kier molecular flexibility index (Phi) is 15.7. The summed E-state index contributed by atoms with van der Waals surface area (Å²) < 4.78 is 13.7. The Bertz CT molecular complexity index is 303. The zero-order chi connectivity index (χ0) is 16.5. The molecule has 0 bridgehead atoms. The molecule has 0 fully saturated rings. The van der Waals surface area contributed by atoms with Crippen LogP contribution in [-0.4, -0.2) is 25.0 Å². The van der Waals surface area contributed by atoms with Gasteiger partial charge in [0.05, 0.1) is 0 Å². The molecule has 1 nitrogen and oxygen atoms in total. The van der Waals surface area contributed by atoms with E-state index < -0.39 is 18.4 Å². The fourth-order valence-electron chi connectivity index (χ4n) is 2.68. The van der Waals surface area contributed by atoms with Gasteiger partial charge in [0.1, 0.15) is 0 Å². The summed E-state index contributed by atoms with van der Waals surface area (Å²) in [5.74, 6) is 3.37. The van der Waals surface area contributed by atoms with E-state index in [1.54, 1.807) is 6.26 Å². The first-order valence-electron chi connectivity index (χ1n) is 9.54. The van der Waals surface area contributed by atoms with Crippen LogP contribution in [0.25, 0.3) is 0 Å². The Morgan fingerprint density at radius 3 is 1.73 bits per heavy atom. The summed E-state index contributed by atoms with van der Waals surface area (Å²) in [4.78, 5) is 0. The van der Waals surface area contributed by atoms with Crippen LogP contribution in [0.3, 0.4) is 0 Å². The first-order chi connectivity index (χ1) is 10.7. The van der Waals surface area contributed by atoms with Crippen LogP contribution in [0, 0.1) is 9.86 Å². The molecular weight excluding hydrogens is 375 g/mol. The second kappa shape index (κ2) is 15.8. The van der Waals surface area contributed by atoms with E-state index in [4.69, 9.17) is 4.74 Å². The third-order valence-corrected chi connectivity index (χ3v) is 17.4. The van der Waals surface area contributed by atoms with Gasteiger partial charge in [-0.25, -0.2) is 0 Å². The predicted molar refractivity (Wildman–Crippen MR) is 103 cm³/mol. The topological polar surface area (TPSA) is 9.23 Å². The Morgan fingerprint density at radius 2 is 1.27 bits per heavy atom. The van der Waals surface area contributed by atoms with Crippen molar-refractivity contribution in [3.05, 3.63) is 12.3 Å². The Labute approximate surface area is 144 Å². The van der Waals surface area contributed by atoms with Gasteiger partial charge in [-0.15, -0.1) is 0 Å². The molecule has 0 saturated carbocycles. The molecule has 0 unspecified atom stereocenters. The van der Waals surface area contributed by atoms with Gasteiger partial charge in [-0.2, -0.15) is 0 Å². The van der Waals surface area contributed by atoms with Crippen LogP contribution in [0.15, 0.2) is 12.3 Å². The molecule has 0 heterocycles. The van der Waals surface area contributed by atoms with Crippen LogP contribution in [0.4, 0.5) is 0 Å². The molecule has 2 heteroatoms. The van der Waals surface area contributed by atoms with E-state index in [2.05, 4.69) is 37.6 Å². The van der Waals surface area contributed by atoms with E-state index in [-0.39, 0.29) is 0 Å². The van der Waals surface area contributed by atoms with E-state index in [1.807, 2.05) is 6.08 Å². The van der Waals surface area contributed by atoms with Crippen molar-refractivity contribution in [2.75, 3.05) is 6.61 Å². The van der Waals surface area contributed by atoms with E-state index in [1.165, 1.54) is 58.3 Å². The van der Waals surface area contributed by atoms with Crippen LogP contribution < -0.4 is 0 Å². The molecule has 22 heavy (non-hydrogen) atoms. The number of ether oxygens (including phenoxy) is 1. The van der Waals surface area contributed by atoms with E-state index in [0.717, 1.165) is 13.0 Å². The summed E-state index contributed by atoms with van der Waals surface area (Å²) in [6, 6.07) is 0. The molecule has 0 rings (SSSR count). The predicted octanol–water partition coefficient (Wildman–Crippen LogP) is 6.71. The minimum atomic E-state index is -2.24. The number of hydrogen-bond donors (Lipinski definition) is 0. The molecule has 128 valence electrons. The van der Waals surface area contributed by atoms with Crippen LogP contribution >= 0.6 is 0 Å². The van der Waals surface area contributed by atoms with Gasteiger partial charge in [0.25, 0.3) is 0 Å². The average Bonchev–Trinajstić information content (AvgIpc) is 2.55. The number of rotatable bonds is 13. The molecular formula is C20H38OSn. The van der Waals surface area contributed by atoms with Crippen molar-refractivity contribution in [2.24, 2.45) is 0 Å². The van der Waals surface area contributed by atoms with Crippen molar-refractivity contribution in [2.45, 2.75) is 92.4 Å². The normalized spacial score (nSPS) is 11.5. The second-order valence-corrected chi connectivity index (χ2v) is 18.7. The first kappa shape index (κ1) is 21.9. The molecule has 0 aromatic rings. The standard InChI is InChI=1S/C8H11O.3C4H9.Sn/c1-3-5-7-9-8-6-4-2;3*1-3-4-2;/h6,8H,3,5,7H2,1H3;3*1,3-4H2,2H3;. The molecule has 0 saturated heterocycles. The third kappa shape index (κ3) is 11.5. The third-order valence-electron chi connectivity index (χ3n) is 4.23. The summed E-state index contributed by atoms with van der Waals surface area (Å²) in [7, 11) is 0. The van der Waals surface area contributed by atoms with Gasteiger partial charge >= 0.3 is 144 Å². The Hall–Kier alpha value is -0.101. The molecule has 0 aliphatic rings. The van der Waals surface area contributed by atoms with Crippen molar-refractivity contribution in [1.29, 1.82) is 0 Å². The molecule has 0 radical (unpaired) electrons. The Morgan fingerprint density at radius 1 is 0.773 bits per heavy atom. The molecule has 0 atom stereocenters. The molecule has 0 aromatic carbocycles. The summed E-state index contributed by atoms with van der Waals surface area (Å²) in [6.45, 7) is 9.94. The first-order valence-corrected chi connectivity index (χ1v) is 17.0. The minimum absolute atomic E-state index is 0.824. The second-order valence-electron chi connectivity index (χ2n) is 6.39. The van der Waals surface area contributed by atoms with Gasteiger partial charge in [-0.3, -0.25) is 0 Å². The van der Waals surface area contributed by atoms with Crippen molar-refractivity contribution in [3.63, 3.8) is 0 Å². The maximum atomic E-state index is 5.47. The summed E-state index contributed by atoms with van der Waals surface area (Å²) in [5, 5.41) is 0. The van der Waals surface area contributed by atoms with Crippen molar-refractivity contribution in [1.82, 2.24) is 0 Å². The summed E-state index contributed by atoms with van der Waals surface area (Å²) in [5.41, 5.74) is 0. The van der Waals surface area contributed by atoms with Gasteiger partial charge < -0.3 is 0 Å². The zero-order valence-electron chi connectivity index (χ0n) is 15.5. The number of unbranched alkanes of at least 4 members (excludes halogenated alkanes) is 4. The van der Waals surface area contributed by atoms with E-state index >= 15 is 0 Å². The maximum absolute atomic E-state index is 5.47. The monoisotopic (exact) mass is 414 g/mol. The van der Waals surface area contributed by atoms with Crippen LogP contribution in [0.5, 0.6) is 0 Å². The van der Waals surface area contributed by atoms with Crippen LogP contribution in [0.2, 0.25) is 13.3 Å². The zero-order valence-corrected chi connectivity index (χ0v) is 18.4. The molecule has 0 aliphatic carbocycles. The SMILES string of the molecule is CCCCOC=CC#[C][Sn]([CH2]CCC)([CH2]CCC)[CH2]CCC. The summed E-state index contributed by atoms with van der Waals surface area (Å²) >= 11 is -2.24. The van der Waals surface area contributed by atoms with Gasteiger partial charge in [-0.1, -0.05) is 0 Å². The van der Waals surface area contributed by atoms with E-state index in [9.17, 15) is 0 Å². The van der Waals surface area contributed by atoms with Crippen molar-refractivity contribution in [3.8, 4) is 9.86 Å². The quantitative estimate of drug-likeness (QED) is 0.141. The molecule has 0 amide bonds. The van der Waals surface area contributed by atoms with Gasteiger partial charge in [0.15, 0.2) is 0 Å². The number of hydrogen-bond acceptors (Lipinski definition) is 1. The van der Waals surface area contributed by atoms with Crippen molar-refractivity contribution < 1.29 is 4.74 Å². The van der Waals surface area contributed by atoms with E-state index in [0.29, 0.717) is 0 Å². The molecule has 0 N–H and O–H groups in total. The molecule has 0 aromatic heterocycles. The fourth-order valence-corrected chi connectivity index (χ4v) is 15.8. The van der Waals surface area contributed by atoms with Crippen molar-refractivity contribution >= 4 is 18.4 Å². The van der Waals surface area contributed by atoms with Gasteiger partial charge in [-0.05, 0) is 0 Å². The fraction of sp³-hybridized carbons (Fsp3) is 0.800. The number of allylic oxidation sites excluding steroid dienone is 1. The molecule has 0 spiro atoms. The van der Waals surface area contributed by atoms with Crippen LogP contribution in [-0.2, 0) is 4.74 Å². The van der Waals surface area contributed by atoms with Gasteiger partial charge in [0.2, 0.25) is 0 Å². The van der Waals surface area contributed by atoms with Gasteiger partial charge in [0, 0.05) is 0 Å². The average molecular weight is 413 g/mol. The summed E-state index contributed by atoms with van der Waals surface area (Å²) in [6.07, 6.45) is 14.2.